The van der Waals surface area contributed by atoms with Gasteiger partial charge in [0.2, 0.25) is 11.8 Å². The smallest absolute Gasteiger partial charge is 0.228 e. The van der Waals surface area contributed by atoms with Gasteiger partial charge in [0.1, 0.15) is 5.82 Å². The van der Waals surface area contributed by atoms with Crippen LogP contribution in [0.3, 0.4) is 0 Å². The second-order valence-electron chi connectivity index (χ2n) is 7.86. The van der Waals surface area contributed by atoms with Crippen molar-refractivity contribution in [2.45, 2.75) is 32.1 Å². The first-order chi connectivity index (χ1) is 12.6. The molecule has 0 N–H and O–H groups in total. The molecule has 2 amide bonds. The van der Waals surface area contributed by atoms with Crippen molar-refractivity contribution < 1.29 is 18.7 Å². The van der Waals surface area contributed by atoms with E-state index in [1.54, 1.807) is 17.0 Å². The van der Waals surface area contributed by atoms with E-state index in [1.807, 2.05) is 4.90 Å². The van der Waals surface area contributed by atoms with Crippen molar-refractivity contribution in [1.29, 1.82) is 0 Å². The van der Waals surface area contributed by atoms with E-state index in [2.05, 4.69) is 0 Å². The fourth-order valence-corrected chi connectivity index (χ4v) is 4.63. The van der Waals surface area contributed by atoms with Crippen LogP contribution in [0.1, 0.15) is 32.1 Å². The molecule has 1 aromatic rings. The molecule has 140 valence electrons. The van der Waals surface area contributed by atoms with E-state index in [1.165, 1.54) is 12.1 Å². The Bertz CT molecular complexity index is 697. The summed E-state index contributed by atoms with van der Waals surface area (Å²) in [6.07, 6.45) is 4.40. The lowest BCUT2D eigenvalue weighted by Gasteiger charge is -2.45. The van der Waals surface area contributed by atoms with Gasteiger partial charge in [-0.15, -0.1) is 0 Å². The molecule has 3 fully saturated rings. The van der Waals surface area contributed by atoms with Crippen LogP contribution in [0.4, 0.5) is 10.1 Å². The second kappa shape index (κ2) is 6.99. The molecule has 1 spiro atoms. The highest BCUT2D eigenvalue weighted by Gasteiger charge is 2.42. The molecule has 3 aliphatic heterocycles. The summed E-state index contributed by atoms with van der Waals surface area (Å²) in [6.45, 7) is 3.44. The van der Waals surface area contributed by atoms with Crippen molar-refractivity contribution in [2.24, 2.45) is 11.3 Å². The number of rotatable bonds is 2. The van der Waals surface area contributed by atoms with Crippen LogP contribution in [0.5, 0.6) is 0 Å². The molecule has 1 aromatic carbocycles. The van der Waals surface area contributed by atoms with Gasteiger partial charge >= 0.3 is 0 Å². The highest BCUT2D eigenvalue weighted by atomic mass is 19.1. The maximum atomic E-state index is 13.5. The molecule has 3 heterocycles. The topological polar surface area (TPSA) is 49.9 Å². The van der Waals surface area contributed by atoms with Gasteiger partial charge in [-0.25, -0.2) is 4.39 Å². The van der Waals surface area contributed by atoms with Gasteiger partial charge in [0.25, 0.3) is 0 Å². The maximum Gasteiger partial charge on any atom is 0.228 e. The van der Waals surface area contributed by atoms with E-state index in [0.717, 1.165) is 52.0 Å². The molecule has 3 aliphatic rings. The zero-order chi connectivity index (χ0) is 18.1. The lowest BCUT2D eigenvalue weighted by molar-refractivity contribution is -0.141. The molecule has 0 saturated carbocycles. The Morgan fingerprint density at radius 2 is 2.04 bits per heavy atom. The van der Waals surface area contributed by atoms with Crippen molar-refractivity contribution in [3.05, 3.63) is 30.1 Å². The van der Waals surface area contributed by atoms with Crippen LogP contribution in [-0.2, 0) is 14.3 Å². The van der Waals surface area contributed by atoms with E-state index in [4.69, 9.17) is 4.74 Å². The summed E-state index contributed by atoms with van der Waals surface area (Å²) < 4.78 is 19.0. The first-order valence-electron chi connectivity index (χ1n) is 9.49. The minimum Gasteiger partial charge on any atom is -0.381 e. The summed E-state index contributed by atoms with van der Waals surface area (Å²) in [7, 11) is 0. The normalized spacial score (nSPS) is 25.7. The molecule has 0 aromatic heterocycles. The highest BCUT2D eigenvalue weighted by molar-refractivity contribution is 6.00. The average Bonchev–Trinajstić information content (AvgIpc) is 3.03. The van der Waals surface area contributed by atoms with Gasteiger partial charge in [-0.2, -0.15) is 0 Å². The summed E-state index contributed by atoms with van der Waals surface area (Å²) >= 11 is 0. The molecular formula is C20H25FN2O3. The summed E-state index contributed by atoms with van der Waals surface area (Å²) in [4.78, 5) is 29.0. The van der Waals surface area contributed by atoms with E-state index in [0.29, 0.717) is 12.2 Å². The van der Waals surface area contributed by atoms with Crippen LogP contribution in [0, 0.1) is 17.2 Å². The van der Waals surface area contributed by atoms with Gasteiger partial charge in [0, 0.05) is 45.0 Å². The fourth-order valence-electron chi connectivity index (χ4n) is 4.63. The molecule has 3 saturated heterocycles. The lowest BCUT2D eigenvalue weighted by atomic mass is 9.73. The largest absolute Gasteiger partial charge is 0.381 e. The van der Waals surface area contributed by atoms with Crippen molar-refractivity contribution in [1.82, 2.24) is 4.90 Å². The third kappa shape index (κ3) is 3.34. The number of piperidine rings is 1. The molecular weight excluding hydrogens is 335 g/mol. The number of nitrogens with zero attached hydrogens (tertiary/aromatic N) is 2. The minimum absolute atomic E-state index is 0.0721. The first kappa shape index (κ1) is 17.5. The molecule has 1 unspecified atom stereocenters. The van der Waals surface area contributed by atoms with Gasteiger partial charge in [0.15, 0.2) is 0 Å². The van der Waals surface area contributed by atoms with Crippen molar-refractivity contribution in [3.63, 3.8) is 0 Å². The molecule has 5 nitrogen and oxygen atoms in total. The Labute approximate surface area is 153 Å². The number of amides is 2. The van der Waals surface area contributed by atoms with E-state index in [9.17, 15) is 14.0 Å². The number of likely N-dealkylation sites (tertiary alicyclic amines) is 1. The number of anilines is 1. The number of halogens is 1. The molecule has 1 atom stereocenters. The van der Waals surface area contributed by atoms with Gasteiger partial charge in [-0.05, 0) is 49.3 Å². The third-order valence-corrected chi connectivity index (χ3v) is 6.12. The summed E-state index contributed by atoms with van der Waals surface area (Å²) in [6, 6.07) is 6.01. The zero-order valence-electron chi connectivity index (χ0n) is 15.0. The van der Waals surface area contributed by atoms with E-state index < -0.39 is 0 Å². The Hall–Kier alpha value is -1.95. The number of carbonyl (C=O) groups is 2. The van der Waals surface area contributed by atoms with E-state index >= 15 is 0 Å². The van der Waals surface area contributed by atoms with Crippen molar-refractivity contribution in [2.75, 3.05) is 37.7 Å². The fraction of sp³-hybridized carbons (Fsp3) is 0.600. The molecule has 0 aliphatic carbocycles. The number of hydrogen-bond acceptors (Lipinski definition) is 3. The first-order valence-corrected chi connectivity index (χ1v) is 9.49. The minimum atomic E-state index is -0.373. The van der Waals surface area contributed by atoms with E-state index in [-0.39, 0.29) is 35.4 Å². The Balaban J connectivity index is 1.44. The van der Waals surface area contributed by atoms with Crippen molar-refractivity contribution in [3.8, 4) is 0 Å². The van der Waals surface area contributed by atoms with Crippen LogP contribution in [-0.4, -0.2) is 49.6 Å². The Kier molecular flexibility index (Phi) is 4.69. The number of ether oxygens (including phenoxy) is 1. The maximum absolute atomic E-state index is 13.5. The Morgan fingerprint density at radius 1 is 1.23 bits per heavy atom. The monoisotopic (exact) mass is 360 g/mol. The summed E-state index contributed by atoms with van der Waals surface area (Å²) in [5.74, 6) is -0.738. The predicted molar refractivity (Wildman–Crippen MR) is 95.2 cm³/mol. The standard InChI is InChI=1S/C20H25FN2O3/c21-16-3-1-4-17(12-16)23-13-15(11-18(23)24)19(25)22-8-2-5-20(14-22)6-9-26-10-7-20/h1,3-4,12,15H,2,5-11,13-14H2. The van der Waals surface area contributed by atoms with Gasteiger partial charge in [-0.3, -0.25) is 9.59 Å². The van der Waals surface area contributed by atoms with Gasteiger partial charge in [0.05, 0.1) is 5.92 Å². The Morgan fingerprint density at radius 3 is 2.81 bits per heavy atom. The van der Waals surface area contributed by atoms with Crippen LogP contribution in [0.25, 0.3) is 0 Å². The third-order valence-electron chi connectivity index (χ3n) is 6.12. The molecule has 4 rings (SSSR count). The molecule has 6 heteroatoms. The quantitative estimate of drug-likeness (QED) is 0.815. The van der Waals surface area contributed by atoms with Crippen LogP contribution >= 0.6 is 0 Å². The lowest BCUT2D eigenvalue weighted by Crippen LogP contribution is -2.50. The summed E-state index contributed by atoms with van der Waals surface area (Å²) in [5.41, 5.74) is 0.724. The zero-order valence-corrected chi connectivity index (χ0v) is 15.0. The average molecular weight is 360 g/mol. The van der Waals surface area contributed by atoms with Crippen molar-refractivity contribution >= 4 is 17.5 Å². The molecule has 0 radical (unpaired) electrons. The van der Waals surface area contributed by atoms with Gasteiger partial charge < -0.3 is 14.5 Å². The van der Waals surface area contributed by atoms with Gasteiger partial charge in [-0.1, -0.05) is 6.07 Å². The molecule has 0 bridgehead atoms. The summed E-state index contributed by atoms with van der Waals surface area (Å²) in [5, 5.41) is 0. The second-order valence-corrected chi connectivity index (χ2v) is 7.86. The molecule has 26 heavy (non-hydrogen) atoms. The number of benzene rings is 1. The number of carbonyl (C=O) groups excluding carboxylic acids is 2. The van der Waals surface area contributed by atoms with Crippen LogP contribution in [0.15, 0.2) is 24.3 Å². The SMILES string of the molecule is O=C(C1CC(=O)N(c2cccc(F)c2)C1)N1CCCC2(CCOCC2)C1. The van der Waals surface area contributed by atoms with Crippen LogP contribution < -0.4 is 4.90 Å². The predicted octanol–water partition coefficient (Wildman–Crippen LogP) is 2.60. The highest BCUT2D eigenvalue weighted by Crippen LogP contribution is 2.40. The van der Waals surface area contributed by atoms with Crippen LogP contribution in [0.2, 0.25) is 0 Å². The number of hydrogen-bond donors (Lipinski definition) is 0.